The van der Waals surface area contributed by atoms with E-state index in [0.717, 1.165) is 61.4 Å². The fourth-order valence-electron chi connectivity index (χ4n) is 3.92. The maximum atomic E-state index is 9.10. The fourth-order valence-corrected chi connectivity index (χ4v) is 4.14. The van der Waals surface area contributed by atoms with Gasteiger partial charge in [0.1, 0.15) is 6.61 Å². The Kier molecular flexibility index (Phi) is 10.8. The van der Waals surface area contributed by atoms with E-state index in [1.807, 2.05) is 36.4 Å². The number of aliphatic carboxylic acids is 2. The van der Waals surface area contributed by atoms with Crippen LogP contribution in [-0.2, 0) is 29.3 Å². The molecule has 1 heterocycles. The van der Waals surface area contributed by atoms with Crippen molar-refractivity contribution in [2.24, 2.45) is 0 Å². The number of carboxylic acids is 2. The number of methoxy groups -OCH3 is 1. The number of hydrogen-bond donors (Lipinski definition) is 2. The maximum absolute atomic E-state index is 9.10. The third-order valence-corrected chi connectivity index (χ3v) is 6.05. The van der Waals surface area contributed by atoms with E-state index in [9.17, 15) is 0 Å². The summed E-state index contributed by atoms with van der Waals surface area (Å²) in [4.78, 5) is 23.2. The first-order chi connectivity index (χ1) is 17.8. The molecule has 0 bridgehead atoms. The van der Waals surface area contributed by atoms with Gasteiger partial charge in [-0.3, -0.25) is 9.80 Å². The highest BCUT2D eigenvalue weighted by Crippen LogP contribution is 2.29. The van der Waals surface area contributed by atoms with E-state index in [0.29, 0.717) is 6.61 Å². The number of hydrogen-bond acceptors (Lipinski definition) is 6. The van der Waals surface area contributed by atoms with Crippen molar-refractivity contribution in [2.75, 3.05) is 33.3 Å². The molecule has 1 saturated heterocycles. The summed E-state index contributed by atoms with van der Waals surface area (Å²) in [5.41, 5.74) is 3.66. The van der Waals surface area contributed by atoms with Crippen LogP contribution in [0.5, 0.6) is 11.5 Å². The lowest BCUT2D eigenvalue weighted by atomic mass is 10.1. The Morgan fingerprint density at radius 1 is 0.757 bits per heavy atom. The van der Waals surface area contributed by atoms with Crippen molar-refractivity contribution >= 4 is 23.5 Å². The second kappa shape index (κ2) is 14.2. The van der Waals surface area contributed by atoms with Gasteiger partial charge in [0.25, 0.3) is 0 Å². The van der Waals surface area contributed by atoms with Gasteiger partial charge in [-0.05, 0) is 41.0 Å². The summed E-state index contributed by atoms with van der Waals surface area (Å²) < 4.78 is 11.6. The van der Waals surface area contributed by atoms with Gasteiger partial charge >= 0.3 is 11.9 Å². The van der Waals surface area contributed by atoms with E-state index in [1.165, 1.54) is 11.1 Å². The van der Waals surface area contributed by atoms with Gasteiger partial charge in [0.2, 0.25) is 0 Å². The van der Waals surface area contributed by atoms with E-state index in [1.54, 1.807) is 7.11 Å². The maximum Gasteiger partial charge on any atom is 0.414 e. The van der Waals surface area contributed by atoms with Gasteiger partial charge in [-0.1, -0.05) is 60.1 Å². The highest BCUT2D eigenvalue weighted by atomic mass is 35.5. The van der Waals surface area contributed by atoms with Crippen molar-refractivity contribution in [3.05, 3.63) is 94.5 Å². The Labute approximate surface area is 221 Å². The Hall–Kier alpha value is -3.59. The highest BCUT2D eigenvalue weighted by molar-refractivity contribution is 6.30. The third-order valence-electron chi connectivity index (χ3n) is 5.81. The van der Waals surface area contributed by atoms with Crippen LogP contribution in [0.25, 0.3) is 0 Å². The van der Waals surface area contributed by atoms with Crippen molar-refractivity contribution in [3.63, 3.8) is 0 Å². The summed E-state index contributed by atoms with van der Waals surface area (Å²) >= 11 is 6.12. The zero-order chi connectivity index (χ0) is 26.6. The Balaban J connectivity index is 0.000000568. The summed E-state index contributed by atoms with van der Waals surface area (Å²) in [6.07, 6.45) is 0. The molecule has 0 radical (unpaired) electrons. The SMILES string of the molecule is COc1ccc(CN2CCN(Cc3cccc(Cl)c3)CC2)cc1OCc1ccccc1.O=C(O)C(=O)O. The van der Waals surface area contributed by atoms with E-state index >= 15 is 0 Å². The molecule has 3 aromatic carbocycles. The lowest BCUT2D eigenvalue weighted by Crippen LogP contribution is -2.45. The van der Waals surface area contributed by atoms with Crippen LogP contribution in [0.4, 0.5) is 0 Å². The summed E-state index contributed by atoms with van der Waals surface area (Å²) in [6.45, 7) is 6.60. The summed E-state index contributed by atoms with van der Waals surface area (Å²) in [7, 11) is 1.68. The molecule has 0 aliphatic carbocycles. The molecule has 0 saturated carbocycles. The van der Waals surface area contributed by atoms with E-state index in [4.69, 9.17) is 40.9 Å². The van der Waals surface area contributed by atoms with Gasteiger partial charge in [-0.25, -0.2) is 9.59 Å². The van der Waals surface area contributed by atoms with Crippen LogP contribution < -0.4 is 9.47 Å². The van der Waals surface area contributed by atoms with E-state index < -0.39 is 11.9 Å². The molecule has 0 atom stereocenters. The number of benzene rings is 3. The molecule has 4 rings (SSSR count). The van der Waals surface area contributed by atoms with Gasteiger partial charge in [0, 0.05) is 44.3 Å². The molecule has 2 N–H and O–H groups in total. The first kappa shape index (κ1) is 28.0. The van der Waals surface area contributed by atoms with Gasteiger partial charge < -0.3 is 19.7 Å². The molecular weight excluding hydrogens is 496 g/mol. The molecule has 196 valence electrons. The number of carboxylic acid groups (broad SMARTS) is 2. The van der Waals surface area contributed by atoms with Crippen molar-refractivity contribution < 1.29 is 29.3 Å². The van der Waals surface area contributed by atoms with Crippen LogP contribution >= 0.6 is 11.6 Å². The van der Waals surface area contributed by atoms with Crippen LogP contribution in [-0.4, -0.2) is 65.2 Å². The number of halogens is 1. The topological polar surface area (TPSA) is 99.5 Å². The smallest absolute Gasteiger partial charge is 0.414 e. The van der Waals surface area contributed by atoms with Gasteiger partial charge in [-0.15, -0.1) is 0 Å². The zero-order valence-corrected chi connectivity index (χ0v) is 21.4. The monoisotopic (exact) mass is 526 g/mol. The average molecular weight is 527 g/mol. The van der Waals surface area contributed by atoms with Crippen molar-refractivity contribution in [3.8, 4) is 11.5 Å². The molecule has 0 spiro atoms. The lowest BCUT2D eigenvalue weighted by Gasteiger charge is -2.34. The molecule has 1 aliphatic rings. The largest absolute Gasteiger partial charge is 0.493 e. The normalized spacial score (nSPS) is 13.8. The fraction of sp³-hybridized carbons (Fsp3) is 0.286. The number of piperazine rings is 1. The molecule has 1 aliphatic heterocycles. The summed E-state index contributed by atoms with van der Waals surface area (Å²) in [6, 6.07) is 24.6. The van der Waals surface area contributed by atoms with Crippen LogP contribution in [0.2, 0.25) is 5.02 Å². The summed E-state index contributed by atoms with van der Waals surface area (Å²) in [5, 5.41) is 15.6. The molecular formula is C28H31ClN2O6. The number of ether oxygens (including phenoxy) is 2. The number of carbonyl (C=O) groups is 2. The van der Waals surface area contributed by atoms with Crippen LogP contribution in [0.1, 0.15) is 16.7 Å². The first-order valence-electron chi connectivity index (χ1n) is 11.8. The molecule has 37 heavy (non-hydrogen) atoms. The second-order valence-electron chi connectivity index (χ2n) is 8.55. The Bertz CT molecular complexity index is 1150. The minimum absolute atomic E-state index is 0.531. The van der Waals surface area contributed by atoms with Gasteiger partial charge in [-0.2, -0.15) is 0 Å². The molecule has 8 nitrogen and oxygen atoms in total. The van der Waals surface area contributed by atoms with E-state index in [2.05, 4.69) is 46.2 Å². The Morgan fingerprint density at radius 3 is 1.86 bits per heavy atom. The Morgan fingerprint density at radius 2 is 1.32 bits per heavy atom. The van der Waals surface area contributed by atoms with Gasteiger partial charge in [0.15, 0.2) is 11.5 Å². The van der Waals surface area contributed by atoms with Crippen molar-refractivity contribution in [2.45, 2.75) is 19.7 Å². The van der Waals surface area contributed by atoms with Crippen molar-refractivity contribution in [1.82, 2.24) is 9.80 Å². The molecule has 0 unspecified atom stereocenters. The molecule has 1 fully saturated rings. The highest BCUT2D eigenvalue weighted by Gasteiger charge is 2.18. The summed E-state index contributed by atoms with van der Waals surface area (Å²) in [5.74, 6) is -2.08. The van der Waals surface area contributed by atoms with Crippen LogP contribution in [0.15, 0.2) is 72.8 Å². The molecule has 9 heteroatoms. The zero-order valence-electron chi connectivity index (χ0n) is 20.7. The quantitative estimate of drug-likeness (QED) is 0.417. The lowest BCUT2D eigenvalue weighted by molar-refractivity contribution is -0.159. The van der Waals surface area contributed by atoms with Crippen LogP contribution in [0, 0.1) is 0 Å². The second-order valence-corrected chi connectivity index (χ2v) is 8.99. The molecule has 0 aromatic heterocycles. The molecule has 3 aromatic rings. The minimum Gasteiger partial charge on any atom is -0.493 e. The van der Waals surface area contributed by atoms with Crippen molar-refractivity contribution in [1.29, 1.82) is 0 Å². The first-order valence-corrected chi connectivity index (χ1v) is 12.2. The predicted octanol–water partition coefficient (Wildman–Crippen LogP) is 4.40. The molecule has 0 amide bonds. The van der Waals surface area contributed by atoms with Gasteiger partial charge in [0.05, 0.1) is 7.11 Å². The third kappa shape index (κ3) is 9.42. The standard InChI is InChI=1S/C26H29ClN2O2.C2H2O4/c1-30-25-11-10-23(17-26(25)31-20-21-6-3-2-4-7-21)19-29-14-12-28(13-15-29)18-22-8-5-9-24(27)16-22;3-1(4)2(5)6/h2-11,16-17H,12-15,18-20H2,1H3;(H,3,4)(H,5,6). The number of nitrogens with zero attached hydrogens (tertiary/aromatic N) is 2. The average Bonchev–Trinajstić information content (AvgIpc) is 2.90. The van der Waals surface area contributed by atoms with Crippen LogP contribution in [0.3, 0.4) is 0 Å². The minimum atomic E-state index is -1.82. The number of rotatable bonds is 8. The predicted molar refractivity (Wildman–Crippen MR) is 141 cm³/mol. The van der Waals surface area contributed by atoms with E-state index in [-0.39, 0.29) is 0 Å².